The molecule has 13 heavy (non-hydrogen) atoms. The highest BCUT2D eigenvalue weighted by Crippen LogP contribution is 1.96. The van der Waals surface area contributed by atoms with E-state index in [2.05, 4.69) is 9.97 Å². The molecule has 0 radical (unpaired) electrons. The molecule has 1 aromatic heterocycles. The molecular formula is C7H14BN3O2. The second kappa shape index (κ2) is 4.79. The Kier molecular flexibility index (Phi) is 4.37. The highest BCUT2D eigenvalue weighted by Gasteiger charge is 2.11. The Balaban J connectivity index is 0.00000144. The molecule has 0 atom stereocenters. The second-order valence-corrected chi connectivity index (χ2v) is 2.58. The molecule has 0 aliphatic heterocycles. The summed E-state index contributed by atoms with van der Waals surface area (Å²) in [6, 6.07) is 0. The highest BCUT2D eigenvalue weighted by atomic mass is 16.4. The molecule has 0 spiro atoms. The van der Waals surface area contributed by atoms with E-state index in [9.17, 15) is 0 Å². The molecule has 2 N–H and O–H groups in total. The number of hydrogen-bond donors (Lipinski definition) is 2. The van der Waals surface area contributed by atoms with Gasteiger partial charge in [0.2, 0.25) is 5.95 Å². The summed E-state index contributed by atoms with van der Waals surface area (Å²) in [6.07, 6.45) is 2.76. The van der Waals surface area contributed by atoms with Crippen molar-refractivity contribution in [1.82, 2.24) is 9.97 Å². The second-order valence-electron chi connectivity index (χ2n) is 2.58. The zero-order valence-electron chi connectivity index (χ0n) is 6.97. The minimum Gasteiger partial charge on any atom is -0.423 e. The van der Waals surface area contributed by atoms with Crippen molar-refractivity contribution in [2.24, 2.45) is 0 Å². The SMILES string of the molecule is C.CN(C)c1ncc(B(O)O)cn1. The fourth-order valence-corrected chi connectivity index (χ4v) is 0.695. The van der Waals surface area contributed by atoms with Crippen LogP contribution in [0.3, 0.4) is 0 Å². The summed E-state index contributed by atoms with van der Waals surface area (Å²) in [5.41, 5.74) is 0.292. The van der Waals surface area contributed by atoms with Crippen LogP contribution in [0.5, 0.6) is 0 Å². The number of rotatable bonds is 2. The van der Waals surface area contributed by atoms with Crippen molar-refractivity contribution in [3.8, 4) is 0 Å². The third-order valence-corrected chi connectivity index (χ3v) is 1.36. The van der Waals surface area contributed by atoms with Gasteiger partial charge in [0.15, 0.2) is 0 Å². The normalized spacial score (nSPS) is 8.92. The standard InChI is InChI=1S/C6H10BN3O2.CH4/c1-10(2)6-8-3-5(4-9-6)7(11)12;/h3-4,11-12H,1-2H3;1H4. The van der Waals surface area contributed by atoms with Gasteiger partial charge in [-0.25, -0.2) is 9.97 Å². The highest BCUT2D eigenvalue weighted by molar-refractivity contribution is 6.58. The number of aromatic nitrogens is 2. The molecule has 0 bridgehead atoms. The van der Waals surface area contributed by atoms with Gasteiger partial charge >= 0.3 is 7.12 Å². The lowest BCUT2D eigenvalue weighted by Crippen LogP contribution is -2.31. The molecule has 1 heterocycles. The van der Waals surface area contributed by atoms with Crippen molar-refractivity contribution in [2.75, 3.05) is 19.0 Å². The van der Waals surface area contributed by atoms with E-state index in [4.69, 9.17) is 10.0 Å². The van der Waals surface area contributed by atoms with Gasteiger partial charge in [-0.05, 0) is 0 Å². The monoisotopic (exact) mass is 183 g/mol. The maximum absolute atomic E-state index is 8.72. The molecule has 0 amide bonds. The Bertz CT molecular complexity index is 223. The molecule has 0 fully saturated rings. The fraction of sp³-hybridized carbons (Fsp3) is 0.429. The molecule has 0 unspecified atom stereocenters. The zero-order valence-corrected chi connectivity index (χ0v) is 6.97. The van der Waals surface area contributed by atoms with E-state index in [1.165, 1.54) is 12.4 Å². The van der Waals surface area contributed by atoms with E-state index in [1.54, 1.807) is 4.90 Å². The first kappa shape index (κ1) is 11.9. The third kappa shape index (κ3) is 3.00. The molecule has 0 aliphatic rings. The van der Waals surface area contributed by atoms with E-state index in [-0.39, 0.29) is 7.43 Å². The van der Waals surface area contributed by atoms with Crippen LogP contribution in [-0.2, 0) is 0 Å². The lowest BCUT2D eigenvalue weighted by Gasteiger charge is -2.09. The predicted octanol–water partition coefficient (Wildman–Crippen LogP) is -1.14. The van der Waals surface area contributed by atoms with Crippen LogP contribution in [-0.4, -0.2) is 41.2 Å². The van der Waals surface area contributed by atoms with E-state index < -0.39 is 7.12 Å². The van der Waals surface area contributed by atoms with Crippen LogP contribution in [0.25, 0.3) is 0 Å². The van der Waals surface area contributed by atoms with E-state index >= 15 is 0 Å². The lowest BCUT2D eigenvalue weighted by atomic mass is 9.83. The van der Waals surface area contributed by atoms with Crippen molar-refractivity contribution in [3.05, 3.63) is 12.4 Å². The van der Waals surface area contributed by atoms with E-state index in [1.807, 2.05) is 14.1 Å². The van der Waals surface area contributed by atoms with Gasteiger partial charge in [0.25, 0.3) is 0 Å². The molecule has 72 valence electrons. The Hall–Kier alpha value is -1.14. The van der Waals surface area contributed by atoms with Crippen LogP contribution in [0.2, 0.25) is 0 Å². The van der Waals surface area contributed by atoms with Gasteiger partial charge in [-0.15, -0.1) is 0 Å². The maximum atomic E-state index is 8.72. The summed E-state index contributed by atoms with van der Waals surface area (Å²) in [7, 11) is 2.12. The van der Waals surface area contributed by atoms with E-state index in [0.717, 1.165) is 0 Å². The summed E-state index contributed by atoms with van der Waals surface area (Å²) in [5.74, 6) is 0.541. The van der Waals surface area contributed by atoms with Crippen LogP contribution >= 0.6 is 0 Å². The van der Waals surface area contributed by atoms with Crippen LogP contribution in [0.1, 0.15) is 7.43 Å². The van der Waals surface area contributed by atoms with Crippen LogP contribution in [0.4, 0.5) is 5.95 Å². The number of nitrogens with zero attached hydrogens (tertiary/aromatic N) is 3. The predicted molar refractivity (Wildman–Crippen MR) is 52.9 cm³/mol. The van der Waals surface area contributed by atoms with Crippen LogP contribution in [0, 0.1) is 0 Å². The van der Waals surface area contributed by atoms with Gasteiger partial charge in [0, 0.05) is 32.0 Å². The van der Waals surface area contributed by atoms with Gasteiger partial charge in [0.1, 0.15) is 0 Å². The maximum Gasteiger partial charge on any atom is 0.491 e. The largest absolute Gasteiger partial charge is 0.491 e. The van der Waals surface area contributed by atoms with Crippen molar-refractivity contribution in [3.63, 3.8) is 0 Å². The fourth-order valence-electron chi connectivity index (χ4n) is 0.695. The quantitative estimate of drug-likeness (QED) is 0.567. The lowest BCUT2D eigenvalue weighted by molar-refractivity contribution is 0.425. The van der Waals surface area contributed by atoms with Gasteiger partial charge in [0.05, 0.1) is 0 Å². The zero-order chi connectivity index (χ0) is 9.14. The summed E-state index contributed by atoms with van der Waals surface area (Å²) >= 11 is 0. The van der Waals surface area contributed by atoms with Crippen LogP contribution < -0.4 is 10.4 Å². The molecule has 0 aromatic carbocycles. The topological polar surface area (TPSA) is 69.5 Å². The molecule has 5 nitrogen and oxygen atoms in total. The first-order valence-electron chi connectivity index (χ1n) is 3.46. The summed E-state index contributed by atoms with van der Waals surface area (Å²) in [4.78, 5) is 9.52. The number of anilines is 1. The summed E-state index contributed by atoms with van der Waals surface area (Å²) in [5, 5.41) is 17.4. The minimum absolute atomic E-state index is 0. The molecule has 0 saturated carbocycles. The first-order valence-corrected chi connectivity index (χ1v) is 3.46. The Labute approximate surface area is 78.2 Å². The Morgan fingerprint density at radius 3 is 2.00 bits per heavy atom. The summed E-state index contributed by atoms with van der Waals surface area (Å²) < 4.78 is 0. The van der Waals surface area contributed by atoms with Gasteiger partial charge in [-0.1, -0.05) is 7.43 Å². The Morgan fingerprint density at radius 2 is 1.69 bits per heavy atom. The number of hydrogen-bond acceptors (Lipinski definition) is 5. The average Bonchev–Trinajstić information content (AvgIpc) is 2.04. The minimum atomic E-state index is -1.50. The van der Waals surface area contributed by atoms with E-state index in [0.29, 0.717) is 11.4 Å². The van der Waals surface area contributed by atoms with Crippen molar-refractivity contribution in [2.45, 2.75) is 7.43 Å². The molecular weight excluding hydrogens is 169 g/mol. The molecule has 1 aromatic rings. The van der Waals surface area contributed by atoms with Gasteiger partial charge in [-0.2, -0.15) is 0 Å². The third-order valence-electron chi connectivity index (χ3n) is 1.36. The molecule has 0 saturated heterocycles. The smallest absolute Gasteiger partial charge is 0.423 e. The molecule has 0 aliphatic carbocycles. The summed E-state index contributed by atoms with van der Waals surface area (Å²) in [6.45, 7) is 0. The van der Waals surface area contributed by atoms with Crippen molar-refractivity contribution < 1.29 is 10.0 Å². The average molecular weight is 183 g/mol. The first-order chi connectivity index (χ1) is 5.61. The van der Waals surface area contributed by atoms with Crippen molar-refractivity contribution in [1.29, 1.82) is 0 Å². The Morgan fingerprint density at radius 1 is 1.23 bits per heavy atom. The van der Waals surface area contributed by atoms with Gasteiger partial charge in [-0.3, -0.25) is 0 Å². The molecule has 6 heteroatoms. The molecule has 1 rings (SSSR count). The van der Waals surface area contributed by atoms with Crippen molar-refractivity contribution >= 4 is 18.5 Å². The van der Waals surface area contributed by atoms with Gasteiger partial charge < -0.3 is 14.9 Å². The van der Waals surface area contributed by atoms with Crippen LogP contribution in [0.15, 0.2) is 12.4 Å².